The molecule has 0 spiro atoms. The lowest BCUT2D eigenvalue weighted by atomic mass is 10.1. The number of primary sulfonamides is 1. The van der Waals surface area contributed by atoms with Crippen molar-refractivity contribution >= 4 is 33.4 Å². The SMILES string of the molecule is Nc1nc(Cl)cc(NCCc2ccc(S(N)(=O)=O)cc2)n1. The molecule has 0 saturated carbocycles. The second kappa shape index (κ2) is 6.25. The number of nitrogen functional groups attached to an aromatic ring is 1. The van der Waals surface area contributed by atoms with Gasteiger partial charge in [-0.3, -0.25) is 0 Å². The van der Waals surface area contributed by atoms with Crippen molar-refractivity contribution < 1.29 is 8.42 Å². The van der Waals surface area contributed by atoms with E-state index in [1.54, 1.807) is 18.2 Å². The Morgan fingerprint density at radius 2 is 1.86 bits per heavy atom. The molecule has 0 aliphatic heterocycles. The third-order valence-electron chi connectivity index (χ3n) is 2.68. The van der Waals surface area contributed by atoms with Crippen molar-refractivity contribution in [2.45, 2.75) is 11.3 Å². The standard InChI is InChI=1S/C12H14ClN5O2S/c13-10-7-11(18-12(14)17-10)16-6-5-8-1-3-9(4-2-8)21(15,19)20/h1-4,7H,5-6H2,(H2,15,19,20)(H3,14,16,17,18). The van der Waals surface area contributed by atoms with Gasteiger partial charge < -0.3 is 11.1 Å². The first kappa shape index (κ1) is 15.5. The average molecular weight is 328 g/mol. The molecule has 1 aromatic carbocycles. The minimum atomic E-state index is -3.65. The molecule has 9 heteroatoms. The van der Waals surface area contributed by atoms with Crippen molar-refractivity contribution in [3.8, 4) is 0 Å². The maximum atomic E-state index is 11.1. The summed E-state index contributed by atoms with van der Waals surface area (Å²) in [6.45, 7) is 0.585. The summed E-state index contributed by atoms with van der Waals surface area (Å²) in [4.78, 5) is 7.84. The molecule has 0 radical (unpaired) electrons. The van der Waals surface area contributed by atoms with E-state index in [1.165, 1.54) is 12.1 Å². The van der Waals surface area contributed by atoms with Crippen LogP contribution in [0.4, 0.5) is 11.8 Å². The summed E-state index contributed by atoms with van der Waals surface area (Å²) in [5.74, 6) is 0.635. The van der Waals surface area contributed by atoms with E-state index in [1.807, 2.05) is 0 Å². The summed E-state index contributed by atoms with van der Waals surface area (Å²) in [5.41, 5.74) is 6.45. The Balaban J connectivity index is 1.94. The first-order valence-electron chi connectivity index (χ1n) is 6.00. The Morgan fingerprint density at radius 1 is 1.19 bits per heavy atom. The highest BCUT2D eigenvalue weighted by Crippen LogP contribution is 2.13. The van der Waals surface area contributed by atoms with Crippen molar-refractivity contribution in [3.63, 3.8) is 0 Å². The fourth-order valence-corrected chi connectivity index (χ4v) is 2.41. The van der Waals surface area contributed by atoms with Crippen molar-refractivity contribution in [2.75, 3.05) is 17.6 Å². The van der Waals surface area contributed by atoms with Crippen molar-refractivity contribution in [1.29, 1.82) is 0 Å². The third-order valence-corrected chi connectivity index (χ3v) is 3.81. The van der Waals surface area contributed by atoms with Crippen molar-refractivity contribution in [1.82, 2.24) is 9.97 Å². The van der Waals surface area contributed by atoms with Crippen LogP contribution >= 0.6 is 11.6 Å². The van der Waals surface area contributed by atoms with Crippen LogP contribution in [-0.4, -0.2) is 24.9 Å². The molecule has 0 aliphatic rings. The van der Waals surface area contributed by atoms with E-state index >= 15 is 0 Å². The van der Waals surface area contributed by atoms with Gasteiger partial charge in [0, 0.05) is 12.6 Å². The predicted molar refractivity (Wildman–Crippen MR) is 81.5 cm³/mol. The Morgan fingerprint density at radius 3 is 2.43 bits per heavy atom. The quantitative estimate of drug-likeness (QED) is 0.704. The van der Waals surface area contributed by atoms with Gasteiger partial charge in [0.05, 0.1) is 4.90 Å². The van der Waals surface area contributed by atoms with Crippen LogP contribution in [-0.2, 0) is 16.4 Å². The van der Waals surface area contributed by atoms with Gasteiger partial charge in [0.2, 0.25) is 16.0 Å². The number of sulfonamides is 1. The first-order chi connectivity index (χ1) is 9.84. The Bertz CT molecular complexity index is 714. The number of hydrogen-bond donors (Lipinski definition) is 3. The van der Waals surface area contributed by atoms with Gasteiger partial charge in [-0.1, -0.05) is 23.7 Å². The summed E-state index contributed by atoms with van der Waals surface area (Å²) in [6, 6.07) is 7.95. The van der Waals surface area contributed by atoms with Crippen LogP contribution in [0.2, 0.25) is 5.15 Å². The molecule has 7 nitrogen and oxygen atoms in total. The Kier molecular flexibility index (Phi) is 4.61. The number of hydrogen-bond acceptors (Lipinski definition) is 6. The first-order valence-corrected chi connectivity index (χ1v) is 7.93. The molecular weight excluding hydrogens is 314 g/mol. The number of nitrogens with zero attached hydrogens (tertiary/aromatic N) is 2. The summed E-state index contributed by atoms with van der Waals surface area (Å²) in [7, 11) is -3.65. The number of aromatic nitrogens is 2. The third kappa shape index (κ3) is 4.55. The van der Waals surface area contributed by atoms with E-state index in [4.69, 9.17) is 22.5 Å². The van der Waals surface area contributed by atoms with Crippen LogP contribution in [0.1, 0.15) is 5.56 Å². The summed E-state index contributed by atoms with van der Waals surface area (Å²) in [6.07, 6.45) is 0.673. The van der Waals surface area contributed by atoms with Crippen LogP contribution in [0.5, 0.6) is 0 Å². The maximum absolute atomic E-state index is 11.1. The van der Waals surface area contributed by atoms with E-state index in [-0.39, 0.29) is 16.0 Å². The molecule has 0 fully saturated rings. The Labute approximate surface area is 127 Å². The van der Waals surface area contributed by atoms with E-state index in [9.17, 15) is 8.42 Å². The van der Waals surface area contributed by atoms with E-state index in [2.05, 4.69) is 15.3 Å². The maximum Gasteiger partial charge on any atom is 0.238 e. The molecular formula is C12H14ClN5O2S. The average Bonchev–Trinajstić information content (AvgIpc) is 2.37. The van der Waals surface area contributed by atoms with E-state index < -0.39 is 10.0 Å². The second-order valence-electron chi connectivity index (χ2n) is 4.30. The molecule has 2 rings (SSSR count). The number of nitrogens with two attached hydrogens (primary N) is 2. The minimum absolute atomic E-state index is 0.0922. The van der Waals surface area contributed by atoms with E-state index in [0.29, 0.717) is 18.8 Å². The van der Waals surface area contributed by atoms with E-state index in [0.717, 1.165) is 5.56 Å². The number of anilines is 2. The molecule has 5 N–H and O–H groups in total. The Hall–Kier alpha value is -1.90. The summed E-state index contributed by atoms with van der Waals surface area (Å²) < 4.78 is 22.3. The highest BCUT2D eigenvalue weighted by Gasteiger charge is 2.06. The second-order valence-corrected chi connectivity index (χ2v) is 6.25. The van der Waals surface area contributed by atoms with Gasteiger partial charge in [-0.15, -0.1) is 0 Å². The fourth-order valence-electron chi connectivity index (χ4n) is 1.71. The summed E-state index contributed by atoms with van der Waals surface area (Å²) in [5, 5.41) is 8.36. The highest BCUT2D eigenvalue weighted by molar-refractivity contribution is 7.89. The molecule has 0 saturated heterocycles. The number of benzene rings is 1. The topological polar surface area (TPSA) is 124 Å². The van der Waals surface area contributed by atoms with Gasteiger partial charge in [-0.2, -0.15) is 4.98 Å². The van der Waals surface area contributed by atoms with Gasteiger partial charge in [-0.05, 0) is 24.1 Å². The molecule has 1 aromatic heterocycles. The van der Waals surface area contributed by atoms with Gasteiger partial charge >= 0.3 is 0 Å². The van der Waals surface area contributed by atoms with Gasteiger partial charge in [0.15, 0.2) is 0 Å². The summed E-state index contributed by atoms with van der Waals surface area (Å²) >= 11 is 5.77. The van der Waals surface area contributed by atoms with Gasteiger partial charge in [0.1, 0.15) is 11.0 Å². The molecule has 0 amide bonds. The normalized spacial score (nSPS) is 11.3. The lowest BCUT2D eigenvalue weighted by Crippen LogP contribution is -2.12. The van der Waals surface area contributed by atoms with Crippen molar-refractivity contribution in [2.24, 2.45) is 5.14 Å². The molecule has 21 heavy (non-hydrogen) atoms. The van der Waals surface area contributed by atoms with Crippen LogP contribution in [0, 0.1) is 0 Å². The van der Waals surface area contributed by atoms with Gasteiger partial charge in [0.25, 0.3) is 0 Å². The molecule has 0 aliphatic carbocycles. The molecule has 0 unspecified atom stereocenters. The largest absolute Gasteiger partial charge is 0.370 e. The van der Waals surface area contributed by atoms with Crippen LogP contribution in [0.25, 0.3) is 0 Å². The molecule has 0 atom stereocenters. The fraction of sp³-hybridized carbons (Fsp3) is 0.167. The zero-order valence-corrected chi connectivity index (χ0v) is 12.5. The minimum Gasteiger partial charge on any atom is -0.370 e. The lowest BCUT2D eigenvalue weighted by molar-refractivity contribution is 0.598. The predicted octanol–water partition coefficient (Wildman–Crippen LogP) is 1.01. The van der Waals surface area contributed by atoms with Crippen molar-refractivity contribution in [3.05, 3.63) is 41.0 Å². The van der Waals surface area contributed by atoms with Crippen LogP contribution in [0.3, 0.4) is 0 Å². The van der Waals surface area contributed by atoms with Crippen LogP contribution in [0.15, 0.2) is 35.2 Å². The monoisotopic (exact) mass is 327 g/mol. The smallest absolute Gasteiger partial charge is 0.238 e. The molecule has 1 heterocycles. The number of nitrogens with one attached hydrogen (secondary N) is 1. The highest BCUT2D eigenvalue weighted by atomic mass is 35.5. The zero-order chi connectivity index (χ0) is 15.5. The zero-order valence-electron chi connectivity index (χ0n) is 11.0. The van der Waals surface area contributed by atoms with Gasteiger partial charge in [-0.25, -0.2) is 18.5 Å². The molecule has 0 bridgehead atoms. The lowest BCUT2D eigenvalue weighted by Gasteiger charge is -2.07. The number of halogens is 1. The molecule has 112 valence electrons. The number of rotatable bonds is 5. The van der Waals surface area contributed by atoms with Crippen LogP contribution < -0.4 is 16.2 Å². The molecule has 2 aromatic rings.